The first-order valence-corrected chi connectivity index (χ1v) is 8.22. The van der Waals surface area contributed by atoms with Crippen LogP contribution >= 0.6 is 12.2 Å². The predicted octanol–water partition coefficient (Wildman–Crippen LogP) is 5.00. The molecule has 0 aromatic heterocycles. The summed E-state index contributed by atoms with van der Waals surface area (Å²) in [7, 11) is 0. The molecule has 0 heterocycles. The molecule has 2 rings (SSSR count). The Morgan fingerprint density at radius 1 is 1.05 bits per heavy atom. The van der Waals surface area contributed by atoms with E-state index < -0.39 is 0 Å². The Hall–Kier alpha value is -1.87. The Bertz CT molecular complexity index is 602. The molecule has 0 amide bonds. The molecule has 0 aliphatic rings. The Morgan fingerprint density at radius 2 is 1.68 bits per heavy atom. The van der Waals surface area contributed by atoms with E-state index >= 15 is 0 Å². The van der Waals surface area contributed by atoms with Crippen molar-refractivity contribution in [2.75, 3.05) is 5.32 Å². The number of nitrogens with one attached hydrogen (secondary N) is 2. The smallest absolute Gasteiger partial charge is 0.171 e. The number of anilines is 1. The maximum atomic E-state index is 5.39. The first-order chi connectivity index (χ1) is 10.6. The van der Waals surface area contributed by atoms with E-state index in [4.69, 9.17) is 12.2 Å². The lowest BCUT2D eigenvalue weighted by molar-refractivity contribution is 0.722. The highest BCUT2D eigenvalue weighted by atomic mass is 32.1. The number of benzene rings is 2. The second-order valence-electron chi connectivity index (χ2n) is 5.68. The second kappa shape index (κ2) is 7.95. The molecule has 0 aliphatic carbocycles. The lowest BCUT2D eigenvalue weighted by Gasteiger charge is -2.18. The first-order valence-electron chi connectivity index (χ1n) is 7.81. The molecular formula is C19H24N2S. The van der Waals surface area contributed by atoms with E-state index in [1.165, 1.54) is 23.1 Å². The van der Waals surface area contributed by atoms with Gasteiger partial charge in [-0.2, -0.15) is 0 Å². The molecular weight excluding hydrogens is 288 g/mol. The van der Waals surface area contributed by atoms with Gasteiger partial charge in [0.15, 0.2) is 5.11 Å². The van der Waals surface area contributed by atoms with Gasteiger partial charge in [0.05, 0.1) is 6.04 Å². The third kappa shape index (κ3) is 4.85. The van der Waals surface area contributed by atoms with Crippen molar-refractivity contribution in [1.29, 1.82) is 0 Å². The first kappa shape index (κ1) is 16.5. The van der Waals surface area contributed by atoms with Crippen molar-refractivity contribution in [2.45, 2.75) is 39.7 Å². The molecule has 2 aromatic rings. The Morgan fingerprint density at radius 3 is 2.27 bits per heavy atom. The summed E-state index contributed by atoms with van der Waals surface area (Å²) in [6, 6.07) is 17.2. The molecule has 3 heteroatoms. The lowest BCUT2D eigenvalue weighted by atomic mass is 10.0. The Kier molecular flexibility index (Phi) is 5.96. The van der Waals surface area contributed by atoms with Crippen LogP contribution in [0, 0.1) is 6.92 Å². The van der Waals surface area contributed by atoms with Crippen LogP contribution in [0.5, 0.6) is 0 Å². The molecule has 2 aromatic carbocycles. The third-order valence-corrected chi connectivity index (χ3v) is 3.90. The van der Waals surface area contributed by atoms with Crippen LogP contribution in [0.25, 0.3) is 0 Å². The van der Waals surface area contributed by atoms with Gasteiger partial charge in [-0.15, -0.1) is 0 Å². The maximum Gasteiger partial charge on any atom is 0.171 e. The number of thiocarbonyl (C=S) groups is 1. The van der Waals surface area contributed by atoms with Crippen molar-refractivity contribution in [3.05, 3.63) is 65.2 Å². The summed E-state index contributed by atoms with van der Waals surface area (Å²) in [4.78, 5) is 0. The minimum Gasteiger partial charge on any atom is -0.356 e. The number of rotatable bonds is 5. The van der Waals surface area contributed by atoms with Gasteiger partial charge in [0.25, 0.3) is 0 Å². The fourth-order valence-electron chi connectivity index (χ4n) is 2.35. The van der Waals surface area contributed by atoms with Crippen molar-refractivity contribution in [3.63, 3.8) is 0 Å². The monoisotopic (exact) mass is 312 g/mol. The summed E-state index contributed by atoms with van der Waals surface area (Å²) in [6.45, 7) is 6.40. The quantitative estimate of drug-likeness (QED) is 0.760. The van der Waals surface area contributed by atoms with Crippen LogP contribution in [0.1, 0.15) is 43.0 Å². The SMILES string of the molecule is CCCc1ccc(C(C)NC(=S)Nc2ccc(C)cc2)cc1. The molecule has 1 atom stereocenters. The van der Waals surface area contributed by atoms with Gasteiger partial charge in [0.1, 0.15) is 0 Å². The van der Waals surface area contributed by atoms with Crippen LogP contribution in [-0.4, -0.2) is 5.11 Å². The van der Waals surface area contributed by atoms with Crippen LogP contribution in [0.3, 0.4) is 0 Å². The lowest BCUT2D eigenvalue weighted by Crippen LogP contribution is -2.30. The van der Waals surface area contributed by atoms with Crippen LogP contribution in [0.15, 0.2) is 48.5 Å². The van der Waals surface area contributed by atoms with Crippen molar-refractivity contribution >= 4 is 23.0 Å². The van der Waals surface area contributed by atoms with Gasteiger partial charge in [0, 0.05) is 5.69 Å². The van der Waals surface area contributed by atoms with E-state index in [2.05, 4.69) is 67.8 Å². The highest BCUT2D eigenvalue weighted by molar-refractivity contribution is 7.80. The zero-order chi connectivity index (χ0) is 15.9. The molecule has 0 saturated heterocycles. The molecule has 0 saturated carbocycles. The van der Waals surface area contributed by atoms with Gasteiger partial charge in [-0.1, -0.05) is 55.3 Å². The largest absolute Gasteiger partial charge is 0.356 e. The molecule has 0 radical (unpaired) electrons. The van der Waals surface area contributed by atoms with Gasteiger partial charge in [-0.25, -0.2) is 0 Å². The maximum absolute atomic E-state index is 5.39. The van der Waals surface area contributed by atoms with E-state index in [-0.39, 0.29) is 6.04 Å². The standard InChI is InChI=1S/C19H24N2S/c1-4-5-16-8-10-17(11-9-16)15(3)20-19(22)21-18-12-6-14(2)7-13-18/h6-13,15H,4-5H2,1-3H3,(H2,20,21,22). The van der Waals surface area contributed by atoms with E-state index in [9.17, 15) is 0 Å². The average molecular weight is 312 g/mol. The highest BCUT2D eigenvalue weighted by Gasteiger charge is 2.07. The minimum absolute atomic E-state index is 0.182. The van der Waals surface area contributed by atoms with E-state index in [0.717, 1.165) is 12.1 Å². The molecule has 116 valence electrons. The molecule has 0 spiro atoms. The zero-order valence-corrected chi connectivity index (χ0v) is 14.3. The van der Waals surface area contributed by atoms with Crippen molar-refractivity contribution in [2.24, 2.45) is 0 Å². The van der Waals surface area contributed by atoms with Crippen LogP contribution < -0.4 is 10.6 Å². The summed E-state index contributed by atoms with van der Waals surface area (Å²) >= 11 is 5.39. The number of hydrogen-bond acceptors (Lipinski definition) is 1. The summed E-state index contributed by atoms with van der Waals surface area (Å²) in [5.41, 5.74) is 4.88. The van der Waals surface area contributed by atoms with Crippen LogP contribution in [-0.2, 0) is 6.42 Å². The second-order valence-corrected chi connectivity index (χ2v) is 6.09. The van der Waals surface area contributed by atoms with E-state index in [0.29, 0.717) is 5.11 Å². The molecule has 0 fully saturated rings. The fourth-order valence-corrected chi connectivity index (χ4v) is 2.64. The third-order valence-electron chi connectivity index (χ3n) is 3.68. The van der Waals surface area contributed by atoms with Gasteiger partial charge in [0.2, 0.25) is 0 Å². The van der Waals surface area contributed by atoms with Gasteiger partial charge in [-0.3, -0.25) is 0 Å². The summed E-state index contributed by atoms with van der Waals surface area (Å²) in [5.74, 6) is 0. The van der Waals surface area contributed by atoms with Crippen LogP contribution in [0.2, 0.25) is 0 Å². The Balaban J connectivity index is 1.91. The summed E-state index contributed by atoms with van der Waals surface area (Å²) < 4.78 is 0. The highest BCUT2D eigenvalue weighted by Crippen LogP contribution is 2.15. The van der Waals surface area contributed by atoms with Crippen molar-refractivity contribution in [1.82, 2.24) is 5.32 Å². The fraction of sp³-hybridized carbons (Fsp3) is 0.316. The van der Waals surface area contributed by atoms with E-state index in [1.807, 2.05) is 12.1 Å². The normalized spacial score (nSPS) is 11.8. The summed E-state index contributed by atoms with van der Waals surface area (Å²) in [5, 5.41) is 7.20. The number of aryl methyl sites for hydroxylation is 2. The molecule has 0 bridgehead atoms. The number of hydrogen-bond donors (Lipinski definition) is 2. The van der Waals surface area contributed by atoms with E-state index in [1.54, 1.807) is 0 Å². The van der Waals surface area contributed by atoms with Gasteiger partial charge in [-0.05, 0) is 55.7 Å². The minimum atomic E-state index is 0.182. The summed E-state index contributed by atoms with van der Waals surface area (Å²) in [6.07, 6.45) is 2.31. The zero-order valence-electron chi connectivity index (χ0n) is 13.5. The Labute approximate surface area is 139 Å². The van der Waals surface area contributed by atoms with Crippen molar-refractivity contribution in [3.8, 4) is 0 Å². The molecule has 1 unspecified atom stereocenters. The average Bonchev–Trinajstić information content (AvgIpc) is 2.50. The molecule has 0 aliphatic heterocycles. The predicted molar refractivity (Wildman–Crippen MR) is 99.4 cm³/mol. The molecule has 22 heavy (non-hydrogen) atoms. The van der Waals surface area contributed by atoms with Gasteiger partial charge < -0.3 is 10.6 Å². The molecule has 2 N–H and O–H groups in total. The van der Waals surface area contributed by atoms with Crippen molar-refractivity contribution < 1.29 is 0 Å². The van der Waals surface area contributed by atoms with Gasteiger partial charge >= 0.3 is 0 Å². The van der Waals surface area contributed by atoms with Crippen LogP contribution in [0.4, 0.5) is 5.69 Å². The molecule has 2 nitrogen and oxygen atoms in total. The topological polar surface area (TPSA) is 24.1 Å².